The van der Waals surface area contributed by atoms with E-state index in [1.165, 1.54) is 29.2 Å². The van der Waals surface area contributed by atoms with Crippen molar-refractivity contribution in [2.75, 3.05) is 5.32 Å². The number of hydrogen-bond acceptors (Lipinski definition) is 4. The Hall–Kier alpha value is -2.34. The molecular formula is C16H13FN2O2S. The quantitative estimate of drug-likeness (QED) is 0.938. The predicted octanol–water partition coefficient (Wildman–Crippen LogP) is 3.46. The highest BCUT2D eigenvalue weighted by Crippen LogP contribution is 2.29. The number of benzene rings is 2. The highest BCUT2D eigenvalue weighted by atomic mass is 32.2. The lowest BCUT2D eigenvalue weighted by molar-refractivity contribution is -0.126. The lowest BCUT2D eigenvalue weighted by atomic mass is 10.2. The number of anilines is 1. The summed E-state index contributed by atoms with van der Waals surface area (Å²) in [5.74, 6) is -0.638. The van der Waals surface area contributed by atoms with Gasteiger partial charge in [0.15, 0.2) is 5.37 Å². The van der Waals surface area contributed by atoms with Crippen molar-refractivity contribution >= 4 is 28.6 Å². The van der Waals surface area contributed by atoms with E-state index in [2.05, 4.69) is 5.32 Å². The summed E-state index contributed by atoms with van der Waals surface area (Å²) in [4.78, 5) is 25.6. The first-order valence-corrected chi connectivity index (χ1v) is 7.59. The Balaban J connectivity index is 1.70. The smallest absolute Gasteiger partial charge is 0.291 e. The molecule has 0 saturated carbocycles. The van der Waals surface area contributed by atoms with Gasteiger partial charge in [-0.25, -0.2) is 4.39 Å². The van der Waals surface area contributed by atoms with Gasteiger partial charge in [-0.05, 0) is 41.6 Å². The highest BCUT2D eigenvalue weighted by Gasteiger charge is 2.39. The number of hydrogen-bond donors (Lipinski definition) is 1. The summed E-state index contributed by atoms with van der Waals surface area (Å²) in [6, 6.07) is 15.0. The van der Waals surface area contributed by atoms with Gasteiger partial charge in [0, 0.05) is 5.69 Å². The number of nitrogens with zero attached hydrogens (tertiary/aromatic N) is 1. The minimum absolute atomic E-state index is 0.257. The monoisotopic (exact) mass is 316 g/mol. The molecule has 2 aromatic carbocycles. The molecule has 6 heteroatoms. The molecule has 22 heavy (non-hydrogen) atoms. The molecule has 0 bridgehead atoms. The van der Waals surface area contributed by atoms with Crippen LogP contribution in [0.2, 0.25) is 0 Å². The number of halogens is 1. The summed E-state index contributed by atoms with van der Waals surface area (Å²) < 4.78 is 12.9. The molecule has 0 unspecified atom stereocenters. The molecular weight excluding hydrogens is 303 g/mol. The van der Waals surface area contributed by atoms with Gasteiger partial charge in [0.2, 0.25) is 0 Å². The number of carbonyl (C=O) groups excluding carboxylic acids is 2. The van der Waals surface area contributed by atoms with E-state index < -0.39 is 5.37 Å². The van der Waals surface area contributed by atoms with Crippen LogP contribution in [0.3, 0.4) is 0 Å². The standard InChI is InChI=1S/C16H13FN2O2S/c17-12-6-8-13(9-7-12)18-14-15(20)19(16(21)22-14)10-11-4-2-1-3-5-11/h1-9,14,18H,10H2/t14-/m0/s1. The molecule has 0 aliphatic carbocycles. The second kappa shape index (κ2) is 6.19. The normalized spacial score (nSPS) is 17.9. The molecule has 0 radical (unpaired) electrons. The molecule has 2 amide bonds. The van der Waals surface area contributed by atoms with E-state index in [-0.39, 0.29) is 23.5 Å². The second-order valence-corrected chi connectivity index (χ2v) is 5.88. The summed E-state index contributed by atoms with van der Waals surface area (Å²) in [5, 5.41) is 1.99. The first kappa shape index (κ1) is 14.6. The molecule has 1 saturated heterocycles. The molecule has 1 aliphatic rings. The molecule has 3 rings (SSSR count). The molecule has 112 valence electrons. The number of carbonyl (C=O) groups is 2. The third-order valence-electron chi connectivity index (χ3n) is 3.25. The van der Waals surface area contributed by atoms with E-state index in [0.29, 0.717) is 5.69 Å². The minimum atomic E-state index is -0.679. The van der Waals surface area contributed by atoms with Crippen LogP contribution in [0.25, 0.3) is 0 Å². The number of amides is 2. The predicted molar refractivity (Wildman–Crippen MR) is 83.8 cm³/mol. The Morgan fingerprint density at radius 2 is 1.73 bits per heavy atom. The average Bonchev–Trinajstić information content (AvgIpc) is 2.78. The van der Waals surface area contributed by atoms with Crippen LogP contribution in [-0.4, -0.2) is 21.4 Å². The lowest BCUT2D eigenvalue weighted by Gasteiger charge is -2.15. The van der Waals surface area contributed by atoms with E-state index in [1.807, 2.05) is 30.3 Å². The zero-order chi connectivity index (χ0) is 15.5. The molecule has 1 aliphatic heterocycles. The van der Waals surface area contributed by atoms with Gasteiger partial charge < -0.3 is 5.32 Å². The van der Waals surface area contributed by atoms with Crippen LogP contribution >= 0.6 is 11.8 Å². The van der Waals surface area contributed by atoms with Crippen LogP contribution in [0.4, 0.5) is 14.9 Å². The van der Waals surface area contributed by atoms with Gasteiger partial charge >= 0.3 is 0 Å². The summed E-state index contributed by atoms with van der Waals surface area (Å²) in [5.41, 5.74) is 1.49. The third kappa shape index (κ3) is 3.12. The molecule has 1 fully saturated rings. The molecule has 4 nitrogen and oxygen atoms in total. The van der Waals surface area contributed by atoms with Crippen molar-refractivity contribution in [1.82, 2.24) is 4.90 Å². The second-order valence-electron chi connectivity index (χ2n) is 4.83. The summed E-state index contributed by atoms with van der Waals surface area (Å²) in [6.45, 7) is 0.257. The van der Waals surface area contributed by atoms with E-state index in [9.17, 15) is 14.0 Å². The van der Waals surface area contributed by atoms with E-state index in [1.54, 1.807) is 0 Å². The van der Waals surface area contributed by atoms with Gasteiger partial charge in [0.05, 0.1) is 6.54 Å². The Bertz CT molecular complexity index is 691. The van der Waals surface area contributed by atoms with Crippen molar-refractivity contribution < 1.29 is 14.0 Å². The van der Waals surface area contributed by atoms with E-state index >= 15 is 0 Å². The van der Waals surface area contributed by atoms with Crippen molar-refractivity contribution in [3.05, 3.63) is 66.0 Å². The number of thioether (sulfide) groups is 1. The van der Waals surface area contributed by atoms with Gasteiger partial charge in [-0.1, -0.05) is 30.3 Å². The largest absolute Gasteiger partial charge is 0.365 e. The Labute approximate surface area is 131 Å². The van der Waals surface area contributed by atoms with Crippen molar-refractivity contribution in [2.45, 2.75) is 11.9 Å². The van der Waals surface area contributed by atoms with Gasteiger partial charge in [0.1, 0.15) is 5.82 Å². The molecule has 1 heterocycles. The Kier molecular flexibility index (Phi) is 4.11. The summed E-state index contributed by atoms with van der Waals surface area (Å²) in [6.07, 6.45) is 0. The Morgan fingerprint density at radius 1 is 1.05 bits per heavy atom. The van der Waals surface area contributed by atoms with Crippen LogP contribution in [0.1, 0.15) is 5.56 Å². The van der Waals surface area contributed by atoms with Gasteiger partial charge in [-0.2, -0.15) is 0 Å². The molecule has 0 spiro atoms. The maximum atomic E-state index is 12.9. The summed E-state index contributed by atoms with van der Waals surface area (Å²) in [7, 11) is 0. The SMILES string of the molecule is O=C1S[C@H](Nc2ccc(F)cc2)C(=O)N1Cc1ccccc1. The average molecular weight is 316 g/mol. The molecule has 2 aromatic rings. The van der Waals surface area contributed by atoms with Crippen molar-refractivity contribution in [3.8, 4) is 0 Å². The first-order valence-electron chi connectivity index (χ1n) is 6.71. The molecule has 1 N–H and O–H groups in total. The van der Waals surface area contributed by atoms with Gasteiger partial charge in [-0.3, -0.25) is 14.5 Å². The van der Waals surface area contributed by atoms with Crippen LogP contribution in [-0.2, 0) is 11.3 Å². The summed E-state index contributed by atoms with van der Waals surface area (Å²) >= 11 is 0.933. The van der Waals surface area contributed by atoms with Crippen molar-refractivity contribution in [3.63, 3.8) is 0 Å². The number of rotatable bonds is 4. The maximum Gasteiger partial charge on any atom is 0.291 e. The van der Waals surface area contributed by atoms with Crippen LogP contribution in [0.5, 0.6) is 0 Å². The van der Waals surface area contributed by atoms with Gasteiger partial charge in [0.25, 0.3) is 11.1 Å². The lowest BCUT2D eigenvalue weighted by Crippen LogP contribution is -2.33. The zero-order valence-electron chi connectivity index (χ0n) is 11.5. The number of nitrogens with one attached hydrogen (secondary N) is 1. The maximum absolute atomic E-state index is 12.9. The zero-order valence-corrected chi connectivity index (χ0v) is 12.3. The first-order chi connectivity index (χ1) is 10.6. The highest BCUT2D eigenvalue weighted by molar-refractivity contribution is 8.15. The van der Waals surface area contributed by atoms with Crippen molar-refractivity contribution in [2.24, 2.45) is 0 Å². The fourth-order valence-electron chi connectivity index (χ4n) is 2.14. The molecule has 1 atom stereocenters. The minimum Gasteiger partial charge on any atom is -0.365 e. The number of imide groups is 1. The van der Waals surface area contributed by atoms with Crippen LogP contribution < -0.4 is 5.32 Å². The van der Waals surface area contributed by atoms with Crippen LogP contribution in [0, 0.1) is 5.82 Å². The van der Waals surface area contributed by atoms with Crippen molar-refractivity contribution in [1.29, 1.82) is 0 Å². The Morgan fingerprint density at radius 3 is 2.41 bits per heavy atom. The fraction of sp³-hybridized carbons (Fsp3) is 0.125. The topological polar surface area (TPSA) is 49.4 Å². The fourth-order valence-corrected chi connectivity index (χ4v) is 3.05. The van der Waals surface area contributed by atoms with E-state index in [4.69, 9.17) is 0 Å². The van der Waals surface area contributed by atoms with Gasteiger partial charge in [-0.15, -0.1) is 0 Å². The van der Waals surface area contributed by atoms with E-state index in [0.717, 1.165) is 17.3 Å². The van der Waals surface area contributed by atoms with Crippen LogP contribution in [0.15, 0.2) is 54.6 Å². The third-order valence-corrected chi connectivity index (χ3v) is 4.23. The molecule has 0 aromatic heterocycles.